The number of nitrogens with one attached hydrogen (secondary N) is 1. The van der Waals surface area contributed by atoms with E-state index in [-0.39, 0.29) is 17.9 Å². The molecule has 1 amide bonds. The lowest BCUT2D eigenvalue weighted by molar-refractivity contribution is -0.129. The zero-order valence-electron chi connectivity index (χ0n) is 12.5. The second kappa shape index (κ2) is 5.86. The van der Waals surface area contributed by atoms with Crippen LogP contribution >= 0.6 is 0 Å². The molecule has 19 heavy (non-hydrogen) atoms. The molecule has 0 saturated carbocycles. The zero-order chi connectivity index (χ0) is 14.7. The van der Waals surface area contributed by atoms with Gasteiger partial charge < -0.3 is 16.0 Å². The number of nitrogen functional groups attached to an aromatic ring is 1. The standard InChI is InChI=1S/C13H23N5O/c1-7(2)11-16-10(14)8(3)12(17-11)15-9(4)13(19)18(5)6/h7,9H,1-6H3,(H3,14,15,16,17). The topological polar surface area (TPSA) is 84.1 Å². The molecule has 1 atom stereocenters. The van der Waals surface area contributed by atoms with Crippen molar-refractivity contribution in [3.8, 4) is 0 Å². The number of amides is 1. The molecule has 0 aromatic carbocycles. The Morgan fingerprint density at radius 3 is 2.32 bits per heavy atom. The van der Waals surface area contributed by atoms with E-state index in [0.717, 1.165) is 5.56 Å². The van der Waals surface area contributed by atoms with Gasteiger partial charge in [0.15, 0.2) is 0 Å². The molecular formula is C13H23N5O. The molecule has 0 aliphatic heterocycles. The van der Waals surface area contributed by atoms with Gasteiger partial charge >= 0.3 is 0 Å². The summed E-state index contributed by atoms with van der Waals surface area (Å²) >= 11 is 0. The highest BCUT2D eigenvalue weighted by molar-refractivity contribution is 5.83. The van der Waals surface area contributed by atoms with Crippen LogP contribution in [0, 0.1) is 6.92 Å². The van der Waals surface area contributed by atoms with Crippen LogP contribution in [0.15, 0.2) is 0 Å². The summed E-state index contributed by atoms with van der Waals surface area (Å²) in [5, 5.41) is 3.11. The van der Waals surface area contributed by atoms with Crippen molar-refractivity contribution in [3.63, 3.8) is 0 Å². The van der Waals surface area contributed by atoms with Gasteiger partial charge in [0.2, 0.25) is 5.91 Å². The molecule has 1 aromatic heterocycles. The molecule has 0 bridgehead atoms. The normalized spacial score (nSPS) is 12.4. The summed E-state index contributed by atoms with van der Waals surface area (Å²) in [6, 6.07) is -0.358. The fraction of sp³-hybridized carbons (Fsp3) is 0.615. The number of nitrogens with two attached hydrogens (primary N) is 1. The summed E-state index contributed by atoms with van der Waals surface area (Å²) in [4.78, 5) is 22.1. The Labute approximate surface area is 114 Å². The van der Waals surface area contributed by atoms with Crippen molar-refractivity contribution in [3.05, 3.63) is 11.4 Å². The van der Waals surface area contributed by atoms with E-state index in [9.17, 15) is 4.79 Å². The van der Waals surface area contributed by atoms with Gasteiger partial charge in [0, 0.05) is 25.6 Å². The number of nitrogens with zero attached hydrogens (tertiary/aromatic N) is 3. The Morgan fingerprint density at radius 1 is 1.26 bits per heavy atom. The van der Waals surface area contributed by atoms with Crippen LogP contribution in [0.3, 0.4) is 0 Å². The lowest BCUT2D eigenvalue weighted by Crippen LogP contribution is -2.37. The molecule has 1 heterocycles. The summed E-state index contributed by atoms with van der Waals surface area (Å²) in [6.07, 6.45) is 0. The maximum Gasteiger partial charge on any atom is 0.244 e. The van der Waals surface area contributed by atoms with E-state index in [1.807, 2.05) is 20.8 Å². The van der Waals surface area contributed by atoms with Gasteiger partial charge in [0.25, 0.3) is 0 Å². The summed E-state index contributed by atoms with van der Waals surface area (Å²) in [5.74, 6) is 1.92. The number of anilines is 2. The lowest BCUT2D eigenvalue weighted by atomic mass is 10.2. The van der Waals surface area contributed by atoms with E-state index < -0.39 is 0 Å². The van der Waals surface area contributed by atoms with Gasteiger partial charge in [0.1, 0.15) is 23.5 Å². The first-order chi connectivity index (χ1) is 8.73. The molecule has 0 aliphatic rings. The third kappa shape index (κ3) is 3.56. The molecule has 6 nitrogen and oxygen atoms in total. The SMILES string of the molecule is Cc1c(N)nc(C(C)C)nc1NC(C)C(=O)N(C)C. The maximum atomic E-state index is 11.9. The first-order valence-electron chi connectivity index (χ1n) is 6.35. The maximum absolute atomic E-state index is 11.9. The Hall–Kier alpha value is -1.85. The first kappa shape index (κ1) is 15.2. The number of carbonyl (C=O) groups is 1. The van der Waals surface area contributed by atoms with Crippen LogP contribution in [0.1, 0.15) is 38.1 Å². The van der Waals surface area contributed by atoms with Crippen molar-refractivity contribution >= 4 is 17.5 Å². The van der Waals surface area contributed by atoms with Crippen LogP contribution < -0.4 is 11.1 Å². The van der Waals surface area contributed by atoms with Gasteiger partial charge in [-0.05, 0) is 13.8 Å². The first-order valence-corrected chi connectivity index (χ1v) is 6.35. The highest BCUT2D eigenvalue weighted by Gasteiger charge is 2.18. The van der Waals surface area contributed by atoms with Crippen molar-refractivity contribution in [2.24, 2.45) is 0 Å². The molecule has 6 heteroatoms. The molecule has 0 saturated heterocycles. The van der Waals surface area contributed by atoms with Crippen molar-refractivity contribution in [2.75, 3.05) is 25.1 Å². The Balaban J connectivity index is 3.03. The second-order valence-electron chi connectivity index (χ2n) is 5.19. The van der Waals surface area contributed by atoms with Crippen molar-refractivity contribution in [2.45, 2.75) is 39.7 Å². The molecule has 1 rings (SSSR count). The average molecular weight is 265 g/mol. The van der Waals surface area contributed by atoms with Gasteiger partial charge in [0.05, 0.1) is 0 Å². The summed E-state index contributed by atoms with van der Waals surface area (Å²) in [7, 11) is 3.45. The third-order valence-electron chi connectivity index (χ3n) is 2.88. The summed E-state index contributed by atoms with van der Waals surface area (Å²) < 4.78 is 0. The average Bonchev–Trinajstić information content (AvgIpc) is 2.33. The number of likely N-dealkylation sites (N-methyl/N-ethyl adjacent to an activating group) is 1. The van der Waals surface area contributed by atoms with Crippen LogP contribution in [-0.4, -0.2) is 40.9 Å². The van der Waals surface area contributed by atoms with Crippen molar-refractivity contribution in [1.82, 2.24) is 14.9 Å². The largest absolute Gasteiger partial charge is 0.383 e. The number of hydrogen-bond acceptors (Lipinski definition) is 5. The second-order valence-corrected chi connectivity index (χ2v) is 5.19. The number of hydrogen-bond donors (Lipinski definition) is 2. The third-order valence-corrected chi connectivity index (χ3v) is 2.88. The molecule has 1 unspecified atom stereocenters. The quantitative estimate of drug-likeness (QED) is 0.859. The molecule has 0 fully saturated rings. The minimum absolute atomic E-state index is 0.0114. The van der Waals surface area contributed by atoms with Crippen LogP contribution in [-0.2, 0) is 4.79 Å². The van der Waals surface area contributed by atoms with E-state index in [0.29, 0.717) is 17.5 Å². The summed E-state index contributed by atoms with van der Waals surface area (Å²) in [5.41, 5.74) is 6.65. The van der Waals surface area contributed by atoms with E-state index in [2.05, 4.69) is 15.3 Å². The molecule has 106 valence electrons. The van der Waals surface area contributed by atoms with Gasteiger partial charge in [-0.2, -0.15) is 0 Å². The van der Waals surface area contributed by atoms with Gasteiger partial charge in [-0.15, -0.1) is 0 Å². The Bertz CT molecular complexity index is 470. The molecular weight excluding hydrogens is 242 g/mol. The molecule has 0 aliphatic carbocycles. The van der Waals surface area contributed by atoms with Crippen LogP contribution in [0.4, 0.5) is 11.6 Å². The van der Waals surface area contributed by atoms with Crippen molar-refractivity contribution in [1.29, 1.82) is 0 Å². The highest BCUT2D eigenvalue weighted by atomic mass is 16.2. The molecule has 0 spiro atoms. The van der Waals surface area contributed by atoms with E-state index in [4.69, 9.17) is 5.73 Å². The molecule has 1 aromatic rings. The fourth-order valence-electron chi connectivity index (χ4n) is 1.60. The Kier molecular flexibility index (Phi) is 4.69. The highest BCUT2D eigenvalue weighted by Crippen LogP contribution is 2.21. The van der Waals surface area contributed by atoms with Gasteiger partial charge in [-0.3, -0.25) is 4.79 Å². The molecule has 3 N–H and O–H groups in total. The number of carbonyl (C=O) groups excluding carboxylic acids is 1. The van der Waals surface area contributed by atoms with E-state index >= 15 is 0 Å². The van der Waals surface area contributed by atoms with Crippen LogP contribution in [0.2, 0.25) is 0 Å². The predicted molar refractivity (Wildman–Crippen MR) is 77.0 cm³/mol. The number of aromatic nitrogens is 2. The van der Waals surface area contributed by atoms with Gasteiger partial charge in [-0.1, -0.05) is 13.8 Å². The zero-order valence-corrected chi connectivity index (χ0v) is 12.5. The predicted octanol–water partition coefficient (Wildman–Crippen LogP) is 1.38. The fourth-order valence-corrected chi connectivity index (χ4v) is 1.60. The summed E-state index contributed by atoms with van der Waals surface area (Å²) in [6.45, 7) is 7.65. The van der Waals surface area contributed by atoms with E-state index in [1.165, 1.54) is 0 Å². The number of rotatable bonds is 4. The van der Waals surface area contributed by atoms with Gasteiger partial charge in [-0.25, -0.2) is 9.97 Å². The lowest BCUT2D eigenvalue weighted by Gasteiger charge is -2.20. The van der Waals surface area contributed by atoms with Crippen molar-refractivity contribution < 1.29 is 4.79 Å². The minimum atomic E-state index is -0.358. The minimum Gasteiger partial charge on any atom is -0.383 e. The molecule has 0 radical (unpaired) electrons. The van der Waals surface area contributed by atoms with E-state index in [1.54, 1.807) is 25.9 Å². The smallest absolute Gasteiger partial charge is 0.244 e. The van der Waals surface area contributed by atoms with Crippen LogP contribution in [0.5, 0.6) is 0 Å². The Morgan fingerprint density at radius 2 is 1.84 bits per heavy atom. The van der Waals surface area contributed by atoms with Crippen LogP contribution in [0.25, 0.3) is 0 Å². The monoisotopic (exact) mass is 265 g/mol.